The number of aryl methyl sites for hydroxylation is 1. The normalized spacial score (nSPS) is 11.1. The van der Waals surface area contributed by atoms with Crippen molar-refractivity contribution in [2.75, 3.05) is 0 Å². The van der Waals surface area contributed by atoms with Crippen LogP contribution in [0.15, 0.2) is 45.9 Å². The predicted molar refractivity (Wildman–Crippen MR) is 92.5 cm³/mol. The van der Waals surface area contributed by atoms with Gasteiger partial charge in [-0.05, 0) is 43.3 Å². The number of aromatic amines is 1. The minimum absolute atomic E-state index is 0.262. The van der Waals surface area contributed by atoms with E-state index in [0.29, 0.717) is 21.6 Å². The van der Waals surface area contributed by atoms with Gasteiger partial charge in [0.2, 0.25) is 0 Å². The lowest BCUT2D eigenvalue weighted by Gasteiger charge is -2.00. The molecule has 24 heavy (non-hydrogen) atoms. The van der Waals surface area contributed by atoms with Crippen LogP contribution < -0.4 is 5.43 Å². The van der Waals surface area contributed by atoms with Crippen molar-refractivity contribution in [3.05, 3.63) is 63.6 Å². The van der Waals surface area contributed by atoms with Gasteiger partial charge < -0.3 is 4.42 Å². The Kier molecular flexibility index (Phi) is 4.69. The molecule has 2 N–H and O–H groups in total. The van der Waals surface area contributed by atoms with Gasteiger partial charge in [-0.3, -0.25) is 9.89 Å². The number of carbonyl (C=O) groups excluding carboxylic acids is 1. The van der Waals surface area contributed by atoms with Crippen LogP contribution in [-0.2, 0) is 0 Å². The summed E-state index contributed by atoms with van der Waals surface area (Å²) in [5.74, 6) is 0.630. The van der Waals surface area contributed by atoms with E-state index in [2.05, 4.69) is 20.7 Å². The number of H-pyrrole nitrogens is 1. The minimum atomic E-state index is -0.414. The highest BCUT2D eigenvalue weighted by Gasteiger charge is 2.09. The van der Waals surface area contributed by atoms with Crippen LogP contribution in [0.25, 0.3) is 11.3 Å². The molecule has 2 aromatic heterocycles. The molecule has 1 amide bonds. The monoisotopic (exact) mass is 362 g/mol. The first-order valence-corrected chi connectivity index (χ1v) is 7.69. The summed E-state index contributed by atoms with van der Waals surface area (Å²) in [7, 11) is 0. The second kappa shape index (κ2) is 6.90. The molecule has 0 saturated carbocycles. The molecule has 0 atom stereocenters. The first-order valence-electron chi connectivity index (χ1n) is 6.93. The van der Waals surface area contributed by atoms with E-state index in [-0.39, 0.29) is 5.69 Å². The minimum Gasteiger partial charge on any atom is -0.455 e. The van der Waals surface area contributed by atoms with Gasteiger partial charge in [-0.15, -0.1) is 0 Å². The SMILES string of the molecule is Cc1cc(C(=O)N/N=C\c2ccc(-c3ccc(Cl)cc3Cl)o2)n[nH]1. The fraction of sp³-hybridized carbons (Fsp3) is 0.0625. The molecule has 1 aromatic carbocycles. The first-order chi connectivity index (χ1) is 11.5. The molecule has 0 aliphatic carbocycles. The smallest absolute Gasteiger partial charge is 0.291 e. The Morgan fingerprint density at radius 1 is 1.29 bits per heavy atom. The quantitative estimate of drug-likeness (QED) is 0.542. The van der Waals surface area contributed by atoms with Gasteiger partial charge in [0.15, 0.2) is 5.69 Å². The largest absolute Gasteiger partial charge is 0.455 e. The molecule has 6 nitrogen and oxygen atoms in total. The fourth-order valence-electron chi connectivity index (χ4n) is 2.00. The van der Waals surface area contributed by atoms with Crippen molar-refractivity contribution in [1.82, 2.24) is 15.6 Å². The van der Waals surface area contributed by atoms with Crippen LogP contribution in [0.5, 0.6) is 0 Å². The summed E-state index contributed by atoms with van der Waals surface area (Å²) < 4.78 is 5.63. The van der Waals surface area contributed by atoms with Gasteiger partial charge in [0.25, 0.3) is 5.91 Å². The van der Waals surface area contributed by atoms with Crippen molar-refractivity contribution >= 4 is 35.3 Å². The zero-order valence-electron chi connectivity index (χ0n) is 12.5. The van der Waals surface area contributed by atoms with Crippen LogP contribution in [-0.4, -0.2) is 22.3 Å². The lowest BCUT2D eigenvalue weighted by Crippen LogP contribution is -2.17. The fourth-order valence-corrected chi connectivity index (χ4v) is 2.50. The number of nitrogens with zero attached hydrogens (tertiary/aromatic N) is 2. The van der Waals surface area contributed by atoms with Gasteiger partial charge in [-0.2, -0.15) is 10.2 Å². The van der Waals surface area contributed by atoms with Crippen molar-refractivity contribution in [2.45, 2.75) is 6.92 Å². The Labute approximate surface area is 147 Å². The summed E-state index contributed by atoms with van der Waals surface area (Å²) in [5.41, 5.74) is 4.15. The van der Waals surface area contributed by atoms with Crippen molar-refractivity contribution in [2.24, 2.45) is 5.10 Å². The van der Waals surface area contributed by atoms with E-state index < -0.39 is 5.91 Å². The summed E-state index contributed by atoms with van der Waals surface area (Å²) >= 11 is 12.0. The number of amides is 1. The van der Waals surface area contributed by atoms with E-state index in [0.717, 1.165) is 11.3 Å². The van der Waals surface area contributed by atoms with Crippen LogP contribution in [0.3, 0.4) is 0 Å². The maximum Gasteiger partial charge on any atom is 0.291 e. The number of hydrazone groups is 1. The number of benzene rings is 1. The standard InChI is InChI=1S/C16H12Cl2N4O2/c1-9-6-14(21-20-9)16(23)22-19-8-11-3-5-15(24-11)12-4-2-10(17)7-13(12)18/h2-8H,1H3,(H,20,21)(H,22,23)/b19-8-. The number of rotatable bonds is 4. The highest BCUT2D eigenvalue weighted by molar-refractivity contribution is 6.36. The highest BCUT2D eigenvalue weighted by Crippen LogP contribution is 2.31. The van der Waals surface area contributed by atoms with E-state index in [9.17, 15) is 4.79 Å². The Bertz CT molecular complexity index is 914. The molecule has 0 bridgehead atoms. The van der Waals surface area contributed by atoms with Gasteiger partial charge in [0, 0.05) is 16.3 Å². The molecular weight excluding hydrogens is 351 g/mol. The van der Waals surface area contributed by atoms with Crippen molar-refractivity contribution in [1.29, 1.82) is 0 Å². The van der Waals surface area contributed by atoms with Crippen LogP contribution in [0.1, 0.15) is 21.9 Å². The Balaban J connectivity index is 1.68. The van der Waals surface area contributed by atoms with E-state index in [1.54, 1.807) is 43.3 Å². The van der Waals surface area contributed by atoms with E-state index in [4.69, 9.17) is 27.6 Å². The molecule has 3 rings (SSSR count). The molecule has 122 valence electrons. The molecule has 0 aliphatic heterocycles. The second-order valence-electron chi connectivity index (χ2n) is 4.96. The van der Waals surface area contributed by atoms with Gasteiger partial charge in [-0.25, -0.2) is 5.43 Å². The van der Waals surface area contributed by atoms with Gasteiger partial charge >= 0.3 is 0 Å². The Morgan fingerprint density at radius 2 is 2.12 bits per heavy atom. The zero-order valence-corrected chi connectivity index (χ0v) is 14.0. The summed E-state index contributed by atoms with van der Waals surface area (Å²) in [4.78, 5) is 11.8. The first kappa shape index (κ1) is 16.3. The summed E-state index contributed by atoms with van der Waals surface area (Å²) in [6.45, 7) is 1.80. The maximum atomic E-state index is 11.8. The molecule has 0 radical (unpaired) electrons. The number of nitrogens with one attached hydrogen (secondary N) is 2. The average Bonchev–Trinajstić information content (AvgIpc) is 3.16. The summed E-state index contributed by atoms with van der Waals surface area (Å²) in [5, 5.41) is 11.4. The highest BCUT2D eigenvalue weighted by atomic mass is 35.5. The summed E-state index contributed by atoms with van der Waals surface area (Å²) in [6.07, 6.45) is 1.39. The van der Waals surface area contributed by atoms with Crippen molar-refractivity contribution in [3.8, 4) is 11.3 Å². The topological polar surface area (TPSA) is 83.3 Å². The van der Waals surface area contributed by atoms with Crippen LogP contribution >= 0.6 is 23.2 Å². The third-order valence-electron chi connectivity index (χ3n) is 3.12. The molecule has 0 spiro atoms. The molecule has 8 heteroatoms. The number of hydrogen-bond donors (Lipinski definition) is 2. The lowest BCUT2D eigenvalue weighted by molar-refractivity contribution is 0.0950. The third-order valence-corrected chi connectivity index (χ3v) is 3.67. The number of furan rings is 1. The van der Waals surface area contributed by atoms with Crippen LogP contribution in [0.4, 0.5) is 0 Å². The number of carbonyl (C=O) groups is 1. The molecule has 0 fully saturated rings. The number of aromatic nitrogens is 2. The lowest BCUT2D eigenvalue weighted by atomic mass is 10.2. The predicted octanol–water partition coefficient (Wildman–Crippen LogP) is 4.05. The van der Waals surface area contributed by atoms with Crippen molar-refractivity contribution < 1.29 is 9.21 Å². The molecule has 0 saturated heterocycles. The van der Waals surface area contributed by atoms with Gasteiger partial charge in [0.1, 0.15) is 11.5 Å². The van der Waals surface area contributed by atoms with Crippen LogP contribution in [0.2, 0.25) is 10.0 Å². The maximum absolute atomic E-state index is 11.8. The Morgan fingerprint density at radius 3 is 2.83 bits per heavy atom. The third kappa shape index (κ3) is 3.67. The van der Waals surface area contributed by atoms with Gasteiger partial charge in [0.05, 0.1) is 11.2 Å². The molecule has 0 unspecified atom stereocenters. The van der Waals surface area contributed by atoms with E-state index in [1.807, 2.05) is 0 Å². The Hall–Kier alpha value is -2.57. The molecular formula is C16H12Cl2N4O2. The summed E-state index contributed by atoms with van der Waals surface area (Å²) in [6, 6.07) is 10.2. The van der Waals surface area contributed by atoms with Crippen molar-refractivity contribution in [3.63, 3.8) is 0 Å². The second-order valence-corrected chi connectivity index (χ2v) is 5.81. The zero-order chi connectivity index (χ0) is 17.1. The molecule has 2 heterocycles. The molecule has 0 aliphatic rings. The number of hydrogen-bond acceptors (Lipinski definition) is 4. The molecule has 3 aromatic rings. The van der Waals surface area contributed by atoms with E-state index >= 15 is 0 Å². The van der Waals surface area contributed by atoms with Crippen LogP contribution in [0, 0.1) is 6.92 Å². The number of halogens is 2. The van der Waals surface area contributed by atoms with Gasteiger partial charge in [-0.1, -0.05) is 23.2 Å². The van der Waals surface area contributed by atoms with E-state index in [1.165, 1.54) is 6.21 Å². The average molecular weight is 363 g/mol.